The molecule has 0 amide bonds. The smallest absolute Gasteiger partial charge is 0.274 e. The van der Waals surface area contributed by atoms with E-state index in [1.165, 1.54) is 0 Å². The van der Waals surface area contributed by atoms with Gasteiger partial charge in [0.1, 0.15) is 0 Å². The highest BCUT2D eigenvalue weighted by Crippen LogP contribution is 1.93. The number of nitrogens with two attached hydrogens (primary N) is 1. The van der Waals surface area contributed by atoms with Crippen LogP contribution >= 0.6 is 0 Å². The van der Waals surface area contributed by atoms with E-state index in [0.717, 1.165) is 5.01 Å². The Hall–Kier alpha value is -1.74. The number of nitrogens with one attached hydrogen (secondary N) is 2. The standard InChI is InChI=1S/C5H7N5O/c1-2-3-10(6)4-7-5(11)9-8-4/h1H,3,6H2,(H2,7,8,9,11). The molecule has 0 bridgehead atoms. The number of hydrogen-bond donors (Lipinski definition) is 3. The first kappa shape index (κ1) is 7.37. The number of nitrogens with zero attached hydrogens (tertiary/aromatic N) is 2. The molecule has 1 rings (SSSR count). The summed E-state index contributed by atoms with van der Waals surface area (Å²) in [7, 11) is 0. The lowest BCUT2D eigenvalue weighted by Crippen LogP contribution is -2.32. The minimum absolute atomic E-state index is 0.195. The summed E-state index contributed by atoms with van der Waals surface area (Å²) in [5, 5.41) is 6.85. The van der Waals surface area contributed by atoms with Crippen LogP contribution in [0.15, 0.2) is 4.79 Å². The summed E-state index contributed by atoms with van der Waals surface area (Å²) in [5.41, 5.74) is -0.410. The van der Waals surface area contributed by atoms with E-state index < -0.39 is 5.69 Å². The Balaban J connectivity index is 2.78. The Morgan fingerprint density at radius 1 is 1.82 bits per heavy atom. The summed E-state index contributed by atoms with van der Waals surface area (Å²) < 4.78 is 0. The Morgan fingerprint density at radius 3 is 3.00 bits per heavy atom. The predicted molar refractivity (Wildman–Crippen MR) is 39.6 cm³/mol. The number of aromatic amines is 2. The lowest BCUT2D eigenvalue weighted by Gasteiger charge is -2.08. The number of anilines is 1. The Morgan fingerprint density at radius 2 is 2.55 bits per heavy atom. The van der Waals surface area contributed by atoms with Gasteiger partial charge >= 0.3 is 5.69 Å². The van der Waals surface area contributed by atoms with Crippen molar-refractivity contribution in [2.75, 3.05) is 11.6 Å². The van der Waals surface area contributed by atoms with Crippen molar-refractivity contribution in [3.05, 3.63) is 10.5 Å². The third kappa shape index (κ3) is 1.59. The van der Waals surface area contributed by atoms with Crippen molar-refractivity contribution in [1.29, 1.82) is 0 Å². The maximum Gasteiger partial charge on any atom is 0.342 e. The minimum atomic E-state index is -0.410. The summed E-state index contributed by atoms with van der Waals surface area (Å²) in [6.07, 6.45) is 4.97. The fourth-order valence-electron chi connectivity index (χ4n) is 0.570. The SMILES string of the molecule is C#CCN(N)c1n[nH]c(=O)[nH]1. The number of hydrogen-bond acceptors (Lipinski definition) is 4. The zero-order chi connectivity index (χ0) is 8.27. The van der Waals surface area contributed by atoms with Crippen LogP contribution in [0.25, 0.3) is 0 Å². The lowest BCUT2D eigenvalue weighted by molar-refractivity contribution is 0.890. The average Bonchev–Trinajstić information content (AvgIpc) is 2.36. The number of aromatic nitrogens is 3. The molecule has 0 saturated carbocycles. The van der Waals surface area contributed by atoms with Gasteiger partial charge in [-0.2, -0.15) is 0 Å². The highest BCUT2D eigenvalue weighted by atomic mass is 16.1. The molecule has 0 aromatic carbocycles. The molecule has 0 aliphatic heterocycles. The van der Waals surface area contributed by atoms with E-state index in [9.17, 15) is 4.79 Å². The van der Waals surface area contributed by atoms with E-state index in [1.54, 1.807) is 0 Å². The third-order valence-electron chi connectivity index (χ3n) is 1.02. The van der Waals surface area contributed by atoms with Crippen LogP contribution in [0.2, 0.25) is 0 Å². The molecule has 0 aliphatic carbocycles. The largest absolute Gasteiger partial charge is 0.342 e. The normalized spacial score (nSPS) is 9.09. The molecule has 0 spiro atoms. The second-order valence-corrected chi connectivity index (χ2v) is 1.83. The molecule has 0 atom stereocenters. The van der Waals surface area contributed by atoms with Crippen molar-refractivity contribution in [2.24, 2.45) is 5.84 Å². The summed E-state index contributed by atoms with van der Waals surface area (Å²) in [6.45, 7) is 0.195. The molecule has 1 aromatic rings. The Bertz CT molecular complexity index is 318. The molecule has 1 aromatic heterocycles. The quantitative estimate of drug-likeness (QED) is 0.271. The molecule has 1 heterocycles. The first-order valence-corrected chi connectivity index (χ1v) is 2.84. The number of H-pyrrole nitrogens is 2. The summed E-state index contributed by atoms with van der Waals surface area (Å²) in [6, 6.07) is 0. The molecule has 4 N–H and O–H groups in total. The number of rotatable bonds is 2. The van der Waals surface area contributed by atoms with Crippen molar-refractivity contribution >= 4 is 5.95 Å². The maximum atomic E-state index is 10.5. The van der Waals surface area contributed by atoms with Gasteiger partial charge in [-0.15, -0.1) is 11.5 Å². The summed E-state index contributed by atoms with van der Waals surface area (Å²) in [5.74, 6) is 7.89. The molecule has 58 valence electrons. The zero-order valence-corrected chi connectivity index (χ0v) is 5.66. The molecular weight excluding hydrogens is 146 g/mol. The van der Waals surface area contributed by atoms with E-state index in [-0.39, 0.29) is 12.5 Å². The topological polar surface area (TPSA) is 90.8 Å². The molecule has 0 aliphatic rings. The van der Waals surface area contributed by atoms with Crippen LogP contribution in [0.4, 0.5) is 5.95 Å². The molecule has 11 heavy (non-hydrogen) atoms. The van der Waals surface area contributed by atoms with Crippen molar-refractivity contribution in [1.82, 2.24) is 15.2 Å². The summed E-state index contributed by atoms with van der Waals surface area (Å²) >= 11 is 0. The first-order valence-electron chi connectivity index (χ1n) is 2.84. The maximum absolute atomic E-state index is 10.5. The van der Waals surface area contributed by atoms with Crippen LogP contribution in [-0.2, 0) is 0 Å². The highest BCUT2D eigenvalue weighted by molar-refractivity contribution is 5.26. The van der Waals surface area contributed by atoms with Gasteiger partial charge in [-0.05, 0) is 0 Å². The third-order valence-corrected chi connectivity index (χ3v) is 1.02. The van der Waals surface area contributed by atoms with Gasteiger partial charge < -0.3 is 0 Å². The summed E-state index contributed by atoms with van der Waals surface area (Å²) in [4.78, 5) is 12.8. The van der Waals surface area contributed by atoms with Gasteiger partial charge in [-0.1, -0.05) is 5.92 Å². The van der Waals surface area contributed by atoms with Gasteiger partial charge in [0.05, 0.1) is 6.54 Å². The first-order chi connectivity index (χ1) is 5.24. The second-order valence-electron chi connectivity index (χ2n) is 1.83. The van der Waals surface area contributed by atoms with Crippen molar-refractivity contribution in [3.8, 4) is 12.3 Å². The molecule has 0 saturated heterocycles. The Kier molecular flexibility index (Phi) is 1.94. The van der Waals surface area contributed by atoms with Crippen LogP contribution < -0.4 is 16.5 Å². The van der Waals surface area contributed by atoms with Gasteiger partial charge in [0.2, 0.25) is 5.95 Å². The molecule has 6 heteroatoms. The van der Waals surface area contributed by atoms with Crippen LogP contribution in [-0.4, -0.2) is 21.7 Å². The molecule has 0 fully saturated rings. The molecule has 0 radical (unpaired) electrons. The number of terminal acetylenes is 1. The predicted octanol–water partition coefficient (Wildman–Crippen LogP) is -1.59. The van der Waals surface area contributed by atoms with Crippen molar-refractivity contribution < 1.29 is 0 Å². The monoisotopic (exact) mass is 153 g/mol. The fourth-order valence-corrected chi connectivity index (χ4v) is 0.570. The van der Waals surface area contributed by atoms with Gasteiger partial charge in [0.15, 0.2) is 0 Å². The fraction of sp³-hybridized carbons (Fsp3) is 0.200. The average molecular weight is 153 g/mol. The van der Waals surface area contributed by atoms with Gasteiger partial charge in [0.25, 0.3) is 0 Å². The van der Waals surface area contributed by atoms with E-state index >= 15 is 0 Å². The van der Waals surface area contributed by atoms with E-state index in [4.69, 9.17) is 12.3 Å². The highest BCUT2D eigenvalue weighted by Gasteiger charge is 2.02. The Labute approximate surface area is 62.4 Å². The van der Waals surface area contributed by atoms with Crippen LogP contribution in [0.1, 0.15) is 0 Å². The second kappa shape index (κ2) is 2.90. The van der Waals surface area contributed by atoms with Crippen molar-refractivity contribution in [3.63, 3.8) is 0 Å². The van der Waals surface area contributed by atoms with Gasteiger partial charge in [-0.25, -0.2) is 15.7 Å². The van der Waals surface area contributed by atoms with Crippen LogP contribution in [0.5, 0.6) is 0 Å². The van der Waals surface area contributed by atoms with Crippen molar-refractivity contribution in [2.45, 2.75) is 0 Å². The van der Waals surface area contributed by atoms with Gasteiger partial charge in [-0.3, -0.25) is 9.99 Å². The van der Waals surface area contributed by atoms with Crippen LogP contribution in [0.3, 0.4) is 0 Å². The minimum Gasteiger partial charge on any atom is -0.274 e. The van der Waals surface area contributed by atoms with Gasteiger partial charge in [0, 0.05) is 0 Å². The van der Waals surface area contributed by atoms with Crippen LogP contribution in [0, 0.1) is 12.3 Å². The molecular formula is C5H7N5O. The van der Waals surface area contributed by atoms with E-state index in [0.29, 0.717) is 0 Å². The molecule has 6 nitrogen and oxygen atoms in total. The zero-order valence-electron chi connectivity index (χ0n) is 5.66. The van der Waals surface area contributed by atoms with E-state index in [1.807, 2.05) is 0 Å². The lowest BCUT2D eigenvalue weighted by atomic mass is 10.6. The van der Waals surface area contributed by atoms with E-state index in [2.05, 4.69) is 21.1 Å². The number of hydrazine groups is 1. The molecule has 0 unspecified atom stereocenters.